The molecule has 3 rings (SSSR count). The Morgan fingerprint density at radius 2 is 1.83 bits per heavy atom. The number of carbonyl (C=O) groups is 2. The number of ether oxygens (including phenoxy) is 2. The average Bonchev–Trinajstić information content (AvgIpc) is 2.71. The molecule has 1 heterocycles. The van der Waals surface area contributed by atoms with Crippen LogP contribution in [0.3, 0.4) is 0 Å². The van der Waals surface area contributed by atoms with Crippen LogP contribution in [0.25, 0.3) is 11.0 Å². The Labute approximate surface area is 168 Å². The van der Waals surface area contributed by atoms with Gasteiger partial charge in [0.15, 0.2) is 0 Å². The zero-order valence-corrected chi connectivity index (χ0v) is 16.4. The first-order valence-electron chi connectivity index (χ1n) is 9.48. The zero-order valence-electron chi connectivity index (χ0n) is 16.4. The van der Waals surface area contributed by atoms with Gasteiger partial charge in [0.25, 0.3) is 0 Å². The molecule has 0 fully saturated rings. The topological polar surface area (TPSA) is 82.8 Å². The zero-order chi connectivity index (χ0) is 20.8. The van der Waals surface area contributed by atoms with Gasteiger partial charge in [-0.05, 0) is 49.1 Å². The maximum absolute atomic E-state index is 12.5. The lowest BCUT2D eigenvalue weighted by Gasteiger charge is -2.12. The Morgan fingerprint density at radius 3 is 2.55 bits per heavy atom. The second-order valence-electron chi connectivity index (χ2n) is 6.68. The Bertz CT molecular complexity index is 1080. The van der Waals surface area contributed by atoms with Gasteiger partial charge in [0.1, 0.15) is 11.3 Å². The van der Waals surface area contributed by atoms with E-state index in [1.807, 2.05) is 6.92 Å². The number of rotatable bonds is 7. The molecule has 0 N–H and O–H groups in total. The standard InChI is InChI=1S/C23H22O6/c1-3-11-27-21(24)10-9-17-13-18-15(2)12-22(25)28-20(18)14-19(17)29-23(26)16-7-5-4-6-8-16/h4-8,12-14H,3,9-11H2,1-2H3. The SMILES string of the molecule is CCCOC(=O)CCc1cc2c(C)cc(=O)oc2cc1OC(=O)c1ccccc1. The van der Waals surface area contributed by atoms with Crippen molar-refractivity contribution in [2.75, 3.05) is 6.61 Å². The van der Waals surface area contributed by atoms with Crippen molar-refractivity contribution in [2.45, 2.75) is 33.1 Å². The summed E-state index contributed by atoms with van der Waals surface area (Å²) >= 11 is 0. The highest BCUT2D eigenvalue weighted by Gasteiger charge is 2.16. The highest BCUT2D eigenvalue weighted by molar-refractivity contribution is 5.92. The van der Waals surface area contributed by atoms with Crippen molar-refractivity contribution in [3.63, 3.8) is 0 Å². The number of aryl methyl sites for hydroxylation is 2. The van der Waals surface area contributed by atoms with Crippen LogP contribution < -0.4 is 10.4 Å². The molecule has 0 atom stereocenters. The van der Waals surface area contributed by atoms with Gasteiger partial charge in [-0.1, -0.05) is 25.1 Å². The van der Waals surface area contributed by atoms with E-state index in [2.05, 4.69) is 0 Å². The molecule has 0 aliphatic rings. The van der Waals surface area contributed by atoms with Gasteiger partial charge in [-0.3, -0.25) is 4.79 Å². The van der Waals surface area contributed by atoms with Crippen LogP contribution in [0, 0.1) is 6.92 Å². The molecule has 0 radical (unpaired) electrons. The van der Waals surface area contributed by atoms with Crippen LogP contribution in [-0.4, -0.2) is 18.5 Å². The van der Waals surface area contributed by atoms with Gasteiger partial charge in [-0.15, -0.1) is 0 Å². The average molecular weight is 394 g/mol. The third-order valence-electron chi connectivity index (χ3n) is 4.41. The second kappa shape index (κ2) is 9.19. The van der Waals surface area contributed by atoms with E-state index in [0.717, 1.165) is 17.4 Å². The van der Waals surface area contributed by atoms with E-state index in [0.29, 0.717) is 29.7 Å². The molecular formula is C23H22O6. The molecule has 0 bridgehead atoms. The Hall–Kier alpha value is -3.41. The Morgan fingerprint density at radius 1 is 1.07 bits per heavy atom. The van der Waals surface area contributed by atoms with Crippen molar-refractivity contribution in [1.82, 2.24) is 0 Å². The molecule has 0 saturated heterocycles. The highest BCUT2D eigenvalue weighted by atomic mass is 16.5. The van der Waals surface area contributed by atoms with Crippen LogP contribution in [0.1, 0.15) is 41.3 Å². The molecule has 0 amide bonds. The summed E-state index contributed by atoms with van der Waals surface area (Å²) in [5.74, 6) is -0.596. The van der Waals surface area contributed by atoms with E-state index in [9.17, 15) is 14.4 Å². The van der Waals surface area contributed by atoms with Crippen molar-refractivity contribution in [3.8, 4) is 5.75 Å². The number of fused-ring (bicyclic) bond motifs is 1. The number of hydrogen-bond acceptors (Lipinski definition) is 6. The first kappa shape index (κ1) is 20.3. The molecule has 3 aromatic rings. The molecular weight excluding hydrogens is 372 g/mol. The molecule has 0 saturated carbocycles. The van der Waals surface area contributed by atoms with E-state index in [1.54, 1.807) is 43.3 Å². The van der Waals surface area contributed by atoms with Gasteiger partial charge in [0.05, 0.1) is 12.2 Å². The van der Waals surface area contributed by atoms with Gasteiger partial charge in [-0.2, -0.15) is 0 Å². The predicted molar refractivity (Wildman–Crippen MR) is 108 cm³/mol. The first-order valence-corrected chi connectivity index (χ1v) is 9.48. The van der Waals surface area contributed by atoms with E-state index in [1.165, 1.54) is 12.1 Å². The van der Waals surface area contributed by atoms with Crippen LogP contribution in [0.15, 0.2) is 57.7 Å². The Balaban J connectivity index is 1.94. The van der Waals surface area contributed by atoms with E-state index >= 15 is 0 Å². The fourth-order valence-electron chi connectivity index (χ4n) is 2.94. The van der Waals surface area contributed by atoms with Crippen LogP contribution >= 0.6 is 0 Å². The summed E-state index contributed by atoms with van der Waals surface area (Å²) in [5.41, 5.74) is 1.64. The number of esters is 2. The first-order chi connectivity index (χ1) is 14.0. The molecule has 2 aromatic carbocycles. The summed E-state index contributed by atoms with van der Waals surface area (Å²) < 4.78 is 16.0. The van der Waals surface area contributed by atoms with Crippen LogP contribution in [0.2, 0.25) is 0 Å². The van der Waals surface area contributed by atoms with Crippen molar-refractivity contribution >= 4 is 22.9 Å². The lowest BCUT2D eigenvalue weighted by Crippen LogP contribution is -2.11. The molecule has 0 unspecified atom stereocenters. The molecule has 150 valence electrons. The molecule has 6 heteroatoms. The van der Waals surface area contributed by atoms with Crippen molar-refractivity contribution in [1.29, 1.82) is 0 Å². The third kappa shape index (κ3) is 5.10. The molecule has 0 spiro atoms. The maximum atomic E-state index is 12.5. The quantitative estimate of drug-likeness (QED) is 0.339. The minimum absolute atomic E-state index is 0.150. The summed E-state index contributed by atoms with van der Waals surface area (Å²) in [5, 5.41) is 0.723. The van der Waals surface area contributed by atoms with E-state index in [4.69, 9.17) is 13.9 Å². The Kier molecular flexibility index (Phi) is 6.44. The van der Waals surface area contributed by atoms with Crippen LogP contribution in [-0.2, 0) is 16.0 Å². The summed E-state index contributed by atoms with van der Waals surface area (Å²) in [6, 6.07) is 13.3. The molecule has 0 aliphatic heterocycles. The van der Waals surface area contributed by atoms with Crippen LogP contribution in [0.5, 0.6) is 5.75 Å². The maximum Gasteiger partial charge on any atom is 0.343 e. The molecule has 6 nitrogen and oxygen atoms in total. The minimum Gasteiger partial charge on any atom is -0.466 e. The summed E-state index contributed by atoms with van der Waals surface area (Å²) in [6.45, 7) is 4.10. The number of carbonyl (C=O) groups excluding carboxylic acids is 2. The lowest BCUT2D eigenvalue weighted by atomic mass is 10.0. The largest absolute Gasteiger partial charge is 0.466 e. The second-order valence-corrected chi connectivity index (χ2v) is 6.68. The predicted octanol–water partition coefficient (Wildman–Crippen LogP) is 4.21. The summed E-state index contributed by atoms with van der Waals surface area (Å²) in [7, 11) is 0. The van der Waals surface area contributed by atoms with Gasteiger partial charge >= 0.3 is 17.6 Å². The highest BCUT2D eigenvalue weighted by Crippen LogP contribution is 2.29. The van der Waals surface area contributed by atoms with Gasteiger partial charge < -0.3 is 13.9 Å². The van der Waals surface area contributed by atoms with Crippen LogP contribution in [0.4, 0.5) is 0 Å². The lowest BCUT2D eigenvalue weighted by molar-refractivity contribution is -0.143. The van der Waals surface area contributed by atoms with E-state index in [-0.39, 0.29) is 18.1 Å². The van der Waals surface area contributed by atoms with Gasteiger partial charge in [0.2, 0.25) is 0 Å². The van der Waals surface area contributed by atoms with Crippen molar-refractivity contribution in [3.05, 3.63) is 75.6 Å². The monoisotopic (exact) mass is 394 g/mol. The molecule has 1 aromatic heterocycles. The van der Waals surface area contributed by atoms with E-state index < -0.39 is 11.6 Å². The van der Waals surface area contributed by atoms with Gasteiger partial charge in [0, 0.05) is 23.9 Å². The van der Waals surface area contributed by atoms with Crippen molar-refractivity contribution < 1.29 is 23.5 Å². The minimum atomic E-state index is -0.533. The molecule has 29 heavy (non-hydrogen) atoms. The molecule has 0 aliphatic carbocycles. The smallest absolute Gasteiger partial charge is 0.343 e. The van der Waals surface area contributed by atoms with Gasteiger partial charge in [-0.25, -0.2) is 9.59 Å². The normalized spacial score (nSPS) is 10.7. The fourth-order valence-corrected chi connectivity index (χ4v) is 2.94. The number of hydrogen-bond donors (Lipinski definition) is 0. The summed E-state index contributed by atoms with van der Waals surface area (Å²) in [4.78, 5) is 36.1. The summed E-state index contributed by atoms with van der Waals surface area (Å²) in [6.07, 6.45) is 1.23. The fraction of sp³-hybridized carbons (Fsp3) is 0.261. The van der Waals surface area contributed by atoms with Crippen molar-refractivity contribution in [2.24, 2.45) is 0 Å². The number of benzene rings is 2. The third-order valence-corrected chi connectivity index (χ3v) is 4.41.